The largest absolute Gasteiger partial charge is 0.276 e. The van der Waals surface area contributed by atoms with E-state index in [2.05, 4.69) is 21.4 Å². The van der Waals surface area contributed by atoms with Gasteiger partial charge >= 0.3 is 0 Å². The number of halogens is 2. The van der Waals surface area contributed by atoms with Gasteiger partial charge < -0.3 is 0 Å². The van der Waals surface area contributed by atoms with E-state index < -0.39 is 0 Å². The summed E-state index contributed by atoms with van der Waals surface area (Å²) in [5.41, 5.74) is 3.72. The Bertz CT molecular complexity index is 575. The van der Waals surface area contributed by atoms with E-state index in [0.717, 1.165) is 10.0 Å². The standard InChI is InChI=1S/C14H11BrClNO2/c15-11-6-7-12(13(16)8-11)14(18)17-19-9-10-4-2-1-3-5-10/h1-8H,9H2,(H,17,18). The van der Waals surface area contributed by atoms with Crippen molar-refractivity contribution in [2.45, 2.75) is 6.61 Å². The summed E-state index contributed by atoms with van der Waals surface area (Å²) in [5, 5.41) is 0.371. The van der Waals surface area contributed by atoms with E-state index in [9.17, 15) is 4.79 Å². The summed E-state index contributed by atoms with van der Waals surface area (Å²) in [5.74, 6) is -0.367. The van der Waals surface area contributed by atoms with Crippen LogP contribution in [0.1, 0.15) is 15.9 Å². The summed E-state index contributed by atoms with van der Waals surface area (Å²) < 4.78 is 0.819. The lowest BCUT2D eigenvalue weighted by atomic mass is 10.2. The molecule has 0 aromatic heterocycles. The van der Waals surface area contributed by atoms with Crippen molar-refractivity contribution < 1.29 is 9.63 Å². The molecule has 0 fully saturated rings. The van der Waals surface area contributed by atoms with Crippen LogP contribution < -0.4 is 5.48 Å². The fourth-order valence-corrected chi connectivity index (χ4v) is 2.25. The van der Waals surface area contributed by atoms with Gasteiger partial charge in [-0.25, -0.2) is 5.48 Å². The first kappa shape index (κ1) is 14.1. The lowest BCUT2D eigenvalue weighted by Gasteiger charge is -2.07. The van der Waals surface area contributed by atoms with Crippen LogP contribution >= 0.6 is 27.5 Å². The molecule has 1 N–H and O–H groups in total. The Kier molecular flexibility index (Phi) is 4.96. The molecule has 0 aliphatic heterocycles. The summed E-state index contributed by atoms with van der Waals surface area (Å²) >= 11 is 9.26. The van der Waals surface area contributed by atoms with Crippen molar-refractivity contribution in [2.75, 3.05) is 0 Å². The third-order valence-electron chi connectivity index (χ3n) is 2.42. The Hall–Kier alpha value is -1.36. The van der Waals surface area contributed by atoms with Gasteiger partial charge in [0, 0.05) is 4.47 Å². The van der Waals surface area contributed by atoms with Crippen LogP contribution in [0.2, 0.25) is 5.02 Å². The van der Waals surface area contributed by atoms with E-state index in [0.29, 0.717) is 17.2 Å². The topological polar surface area (TPSA) is 38.3 Å². The van der Waals surface area contributed by atoms with Gasteiger partial charge in [-0.2, -0.15) is 0 Å². The molecular formula is C14H11BrClNO2. The Morgan fingerprint density at radius 2 is 1.95 bits per heavy atom. The molecule has 1 amide bonds. The van der Waals surface area contributed by atoms with E-state index in [4.69, 9.17) is 16.4 Å². The SMILES string of the molecule is O=C(NOCc1ccccc1)c1ccc(Br)cc1Cl. The zero-order valence-corrected chi connectivity index (χ0v) is 12.2. The highest BCUT2D eigenvalue weighted by atomic mass is 79.9. The van der Waals surface area contributed by atoms with Crippen LogP contribution in [0.15, 0.2) is 53.0 Å². The van der Waals surface area contributed by atoms with Crippen LogP contribution in [0.5, 0.6) is 0 Å². The molecule has 0 aliphatic rings. The van der Waals surface area contributed by atoms with Gasteiger partial charge in [-0.05, 0) is 23.8 Å². The third kappa shape index (κ3) is 4.06. The molecule has 0 radical (unpaired) electrons. The van der Waals surface area contributed by atoms with Crippen LogP contribution in [-0.4, -0.2) is 5.91 Å². The second-order valence-corrected chi connectivity index (χ2v) is 5.15. The summed E-state index contributed by atoms with van der Waals surface area (Å²) in [6.45, 7) is 0.306. The molecule has 3 nitrogen and oxygen atoms in total. The van der Waals surface area contributed by atoms with Gasteiger partial charge in [-0.3, -0.25) is 9.63 Å². The molecule has 0 saturated heterocycles. The molecule has 2 rings (SSSR count). The van der Waals surface area contributed by atoms with Crippen LogP contribution in [0.3, 0.4) is 0 Å². The Morgan fingerprint density at radius 3 is 2.63 bits per heavy atom. The summed E-state index contributed by atoms with van der Waals surface area (Å²) in [4.78, 5) is 17.0. The minimum atomic E-state index is -0.367. The summed E-state index contributed by atoms with van der Waals surface area (Å²) in [6.07, 6.45) is 0. The molecule has 98 valence electrons. The minimum absolute atomic E-state index is 0.306. The smallest absolute Gasteiger partial charge is 0.269 e. The van der Waals surface area contributed by atoms with Crippen LogP contribution in [-0.2, 0) is 11.4 Å². The average molecular weight is 341 g/mol. The quantitative estimate of drug-likeness (QED) is 0.856. The molecule has 19 heavy (non-hydrogen) atoms. The van der Waals surface area contributed by atoms with Gasteiger partial charge in [0.1, 0.15) is 0 Å². The third-order valence-corrected chi connectivity index (χ3v) is 3.23. The minimum Gasteiger partial charge on any atom is -0.269 e. The van der Waals surface area contributed by atoms with Crippen molar-refractivity contribution in [3.63, 3.8) is 0 Å². The number of hydrogen-bond donors (Lipinski definition) is 1. The van der Waals surface area contributed by atoms with Gasteiger partial charge in [0.05, 0.1) is 17.2 Å². The predicted molar refractivity (Wildman–Crippen MR) is 77.8 cm³/mol. The van der Waals surface area contributed by atoms with Gasteiger partial charge in [0.15, 0.2) is 0 Å². The second-order valence-electron chi connectivity index (χ2n) is 3.83. The molecule has 2 aromatic carbocycles. The van der Waals surface area contributed by atoms with E-state index in [1.165, 1.54) is 0 Å². The number of benzene rings is 2. The monoisotopic (exact) mass is 339 g/mol. The van der Waals surface area contributed by atoms with Crippen molar-refractivity contribution in [1.82, 2.24) is 5.48 Å². The normalized spacial score (nSPS) is 10.2. The first-order chi connectivity index (χ1) is 9.16. The van der Waals surface area contributed by atoms with Crippen molar-refractivity contribution in [2.24, 2.45) is 0 Å². The van der Waals surface area contributed by atoms with Crippen LogP contribution in [0, 0.1) is 0 Å². The molecular weight excluding hydrogens is 330 g/mol. The van der Waals surface area contributed by atoms with E-state index >= 15 is 0 Å². The predicted octanol–water partition coefficient (Wildman–Crippen LogP) is 3.96. The maximum absolute atomic E-state index is 11.8. The van der Waals surface area contributed by atoms with Crippen molar-refractivity contribution in [3.05, 3.63) is 69.2 Å². The highest BCUT2D eigenvalue weighted by Gasteiger charge is 2.10. The average Bonchev–Trinajstić information content (AvgIpc) is 2.39. The zero-order chi connectivity index (χ0) is 13.7. The lowest BCUT2D eigenvalue weighted by Crippen LogP contribution is -2.23. The molecule has 0 atom stereocenters. The Labute approximate surface area is 124 Å². The fraction of sp³-hybridized carbons (Fsp3) is 0.0714. The van der Waals surface area contributed by atoms with Crippen LogP contribution in [0.4, 0.5) is 0 Å². The van der Waals surface area contributed by atoms with Crippen LogP contribution in [0.25, 0.3) is 0 Å². The Morgan fingerprint density at radius 1 is 1.21 bits per heavy atom. The highest BCUT2D eigenvalue weighted by Crippen LogP contribution is 2.21. The molecule has 5 heteroatoms. The van der Waals surface area contributed by atoms with Gasteiger partial charge in [-0.15, -0.1) is 0 Å². The van der Waals surface area contributed by atoms with Crippen molar-refractivity contribution in [1.29, 1.82) is 0 Å². The van der Waals surface area contributed by atoms with Crippen molar-refractivity contribution >= 4 is 33.4 Å². The zero-order valence-electron chi connectivity index (χ0n) is 9.90. The molecule has 0 bridgehead atoms. The number of carbonyl (C=O) groups is 1. The summed E-state index contributed by atoms with van der Waals surface area (Å²) in [6, 6.07) is 14.6. The van der Waals surface area contributed by atoms with E-state index in [-0.39, 0.29) is 5.91 Å². The molecule has 0 spiro atoms. The van der Waals surface area contributed by atoms with Crippen molar-refractivity contribution in [3.8, 4) is 0 Å². The Balaban J connectivity index is 1.91. The number of rotatable bonds is 4. The summed E-state index contributed by atoms with van der Waals surface area (Å²) in [7, 11) is 0. The van der Waals surface area contributed by atoms with E-state index in [1.807, 2.05) is 30.3 Å². The number of amides is 1. The maximum Gasteiger partial charge on any atom is 0.276 e. The second kappa shape index (κ2) is 6.70. The highest BCUT2D eigenvalue weighted by molar-refractivity contribution is 9.10. The first-order valence-corrected chi connectivity index (χ1v) is 6.75. The lowest BCUT2D eigenvalue weighted by molar-refractivity contribution is 0.0233. The molecule has 0 saturated carbocycles. The first-order valence-electron chi connectivity index (χ1n) is 5.58. The number of carbonyl (C=O) groups excluding carboxylic acids is 1. The molecule has 0 heterocycles. The molecule has 0 unspecified atom stereocenters. The number of nitrogens with one attached hydrogen (secondary N) is 1. The van der Waals surface area contributed by atoms with Gasteiger partial charge in [0.2, 0.25) is 0 Å². The molecule has 0 aliphatic carbocycles. The molecule has 2 aromatic rings. The number of hydrogen-bond acceptors (Lipinski definition) is 2. The van der Waals surface area contributed by atoms with Gasteiger partial charge in [-0.1, -0.05) is 57.9 Å². The number of hydroxylamine groups is 1. The fourth-order valence-electron chi connectivity index (χ4n) is 1.49. The maximum atomic E-state index is 11.8. The van der Waals surface area contributed by atoms with E-state index in [1.54, 1.807) is 18.2 Å². The van der Waals surface area contributed by atoms with Gasteiger partial charge in [0.25, 0.3) is 5.91 Å².